The van der Waals surface area contributed by atoms with Crippen molar-refractivity contribution in [2.75, 3.05) is 0 Å². The van der Waals surface area contributed by atoms with E-state index in [1.807, 2.05) is 18.2 Å². The van der Waals surface area contributed by atoms with E-state index in [9.17, 15) is 5.11 Å². The molecule has 0 aromatic heterocycles. The molecule has 0 heterocycles. The van der Waals surface area contributed by atoms with Crippen LogP contribution < -0.4 is 5.30 Å². The van der Waals surface area contributed by atoms with E-state index in [1.54, 1.807) is 12.1 Å². The molecule has 2 atom stereocenters. The van der Waals surface area contributed by atoms with Gasteiger partial charge in [0.15, 0.2) is 0 Å². The zero-order valence-corrected chi connectivity index (χ0v) is 10.2. The summed E-state index contributed by atoms with van der Waals surface area (Å²) in [5.74, 6) is 0.334. The molecule has 2 rings (SSSR count). The van der Waals surface area contributed by atoms with Crippen LogP contribution in [0.4, 0.5) is 0 Å². The van der Waals surface area contributed by atoms with Crippen LogP contribution >= 0.6 is 8.58 Å². The number of hydrogen-bond donors (Lipinski definition) is 1. The number of phenols is 1. The lowest BCUT2D eigenvalue weighted by Gasteiger charge is -2.11. The molecule has 82 valence electrons. The first-order valence-corrected chi connectivity index (χ1v) is 6.44. The maximum Gasteiger partial charge on any atom is 0.115 e. The van der Waals surface area contributed by atoms with Gasteiger partial charge >= 0.3 is 0 Å². The van der Waals surface area contributed by atoms with E-state index >= 15 is 0 Å². The summed E-state index contributed by atoms with van der Waals surface area (Å²) in [5, 5.41) is 10.5. The van der Waals surface area contributed by atoms with Crippen molar-refractivity contribution in [1.29, 1.82) is 0 Å². The molecule has 0 radical (unpaired) electrons. The predicted molar refractivity (Wildman–Crippen MR) is 70.9 cm³/mol. The molecule has 0 aliphatic heterocycles. The summed E-state index contributed by atoms with van der Waals surface area (Å²) in [7, 11) is 0.741. The van der Waals surface area contributed by atoms with Crippen molar-refractivity contribution in [3.8, 4) is 5.75 Å². The molecule has 2 heteroatoms. The Labute approximate surface area is 97.9 Å². The maximum absolute atomic E-state index is 9.21. The Morgan fingerprint density at radius 2 is 1.56 bits per heavy atom. The Hall–Kier alpha value is -1.33. The molecule has 16 heavy (non-hydrogen) atoms. The van der Waals surface area contributed by atoms with Gasteiger partial charge in [0.1, 0.15) is 5.75 Å². The van der Waals surface area contributed by atoms with Crippen LogP contribution in [0.15, 0.2) is 54.6 Å². The van der Waals surface area contributed by atoms with E-state index in [-0.39, 0.29) is 0 Å². The molecule has 0 amide bonds. The highest BCUT2D eigenvalue weighted by molar-refractivity contribution is 7.47. The van der Waals surface area contributed by atoms with Gasteiger partial charge in [0.25, 0.3) is 0 Å². The van der Waals surface area contributed by atoms with Crippen molar-refractivity contribution in [3.05, 3.63) is 60.2 Å². The molecule has 0 fully saturated rings. The summed E-state index contributed by atoms with van der Waals surface area (Å²) in [5.41, 5.74) is 1.90. The highest BCUT2D eigenvalue weighted by atomic mass is 31.1. The Kier molecular flexibility index (Phi) is 3.58. The lowest BCUT2D eigenvalue weighted by Crippen LogP contribution is -1.96. The van der Waals surface area contributed by atoms with Gasteiger partial charge in [-0.25, -0.2) is 0 Å². The van der Waals surface area contributed by atoms with E-state index in [0.29, 0.717) is 11.4 Å². The Morgan fingerprint density at radius 3 is 2.19 bits per heavy atom. The van der Waals surface area contributed by atoms with Crippen LogP contribution in [0.1, 0.15) is 18.1 Å². The quantitative estimate of drug-likeness (QED) is 0.800. The van der Waals surface area contributed by atoms with Crippen molar-refractivity contribution >= 4 is 13.9 Å². The van der Waals surface area contributed by atoms with E-state index in [0.717, 1.165) is 8.58 Å². The van der Waals surface area contributed by atoms with Gasteiger partial charge in [-0.05, 0) is 23.0 Å². The number of rotatable bonds is 3. The highest BCUT2D eigenvalue weighted by Gasteiger charge is 2.05. The van der Waals surface area contributed by atoms with Gasteiger partial charge in [-0.15, -0.1) is 0 Å². The van der Waals surface area contributed by atoms with Gasteiger partial charge in [-0.3, -0.25) is 0 Å². The molecule has 2 unspecified atom stereocenters. The molecule has 0 spiro atoms. The van der Waals surface area contributed by atoms with Crippen molar-refractivity contribution in [3.63, 3.8) is 0 Å². The largest absolute Gasteiger partial charge is 0.508 e. The molecule has 0 aliphatic rings. The second-order valence-electron chi connectivity index (χ2n) is 3.82. The van der Waals surface area contributed by atoms with E-state index in [4.69, 9.17) is 0 Å². The zero-order chi connectivity index (χ0) is 11.4. The molecule has 2 aromatic carbocycles. The topological polar surface area (TPSA) is 20.2 Å². The molecular formula is C14H15OP. The molecule has 0 saturated carbocycles. The third-order valence-electron chi connectivity index (χ3n) is 2.55. The lowest BCUT2D eigenvalue weighted by atomic mass is 10.2. The standard InChI is InChI=1S/C14H15OP/c1-11(12-5-3-2-4-6-12)16-14-9-7-13(15)8-10-14/h2-11,15-16H,1H3. The van der Waals surface area contributed by atoms with Crippen LogP contribution in [0.5, 0.6) is 5.75 Å². The minimum Gasteiger partial charge on any atom is -0.508 e. The Bertz CT molecular complexity index is 436. The van der Waals surface area contributed by atoms with Gasteiger partial charge in [0, 0.05) is 5.66 Å². The molecule has 1 nitrogen and oxygen atoms in total. The average Bonchev–Trinajstić information content (AvgIpc) is 2.33. The summed E-state index contributed by atoms with van der Waals surface area (Å²) in [6, 6.07) is 18.0. The van der Waals surface area contributed by atoms with Crippen LogP contribution in [0, 0.1) is 0 Å². The Balaban J connectivity index is 2.08. The summed E-state index contributed by atoms with van der Waals surface area (Å²) >= 11 is 0. The normalized spacial score (nSPS) is 13.1. The van der Waals surface area contributed by atoms with Crippen molar-refractivity contribution in [1.82, 2.24) is 0 Å². The third-order valence-corrected chi connectivity index (χ3v) is 3.98. The van der Waals surface area contributed by atoms with Crippen LogP contribution in [-0.4, -0.2) is 5.11 Å². The van der Waals surface area contributed by atoms with Crippen LogP contribution in [0.25, 0.3) is 0 Å². The van der Waals surface area contributed by atoms with Crippen molar-refractivity contribution in [2.24, 2.45) is 0 Å². The first-order valence-electron chi connectivity index (χ1n) is 5.36. The minimum absolute atomic E-state index is 0.334. The first-order chi connectivity index (χ1) is 7.75. The molecule has 0 saturated heterocycles. The fraction of sp³-hybridized carbons (Fsp3) is 0.143. The zero-order valence-electron chi connectivity index (χ0n) is 9.22. The molecule has 0 bridgehead atoms. The third kappa shape index (κ3) is 2.84. The SMILES string of the molecule is CC(Pc1ccc(O)cc1)c1ccccc1. The second-order valence-corrected chi connectivity index (χ2v) is 5.56. The fourth-order valence-corrected chi connectivity index (χ4v) is 2.85. The average molecular weight is 230 g/mol. The summed E-state index contributed by atoms with van der Waals surface area (Å²) in [6.45, 7) is 2.24. The fourth-order valence-electron chi connectivity index (χ4n) is 1.63. The van der Waals surface area contributed by atoms with Crippen LogP contribution in [0.3, 0.4) is 0 Å². The van der Waals surface area contributed by atoms with Gasteiger partial charge in [-0.2, -0.15) is 0 Å². The summed E-state index contributed by atoms with van der Waals surface area (Å²) in [6.07, 6.45) is 0. The minimum atomic E-state index is 0.334. The number of hydrogen-bond acceptors (Lipinski definition) is 1. The lowest BCUT2D eigenvalue weighted by molar-refractivity contribution is 0.475. The number of phenolic OH excluding ortho intramolecular Hbond substituents is 1. The molecule has 2 aromatic rings. The monoisotopic (exact) mass is 230 g/mol. The van der Waals surface area contributed by atoms with Gasteiger partial charge < -0.3 is 5.11 Å². The molecule has 1 N–H and O–H groups in total. The first kappa shape index (κ1) is 11.2. The van der Waals surface area contributed by atoms with Crippen molar-refractivity contribution < 1.29 is 5.11 Å². The molecular weight excluding hydrogens is 215 g/mol. The summed E-state index contributed by atoms with van der Waals surface area (Å²) < 4.78 is 0. The van der Waals surface area contributed by atoms with E-state index in [2.05, 4.69) is 31.2 Å². The second kappa shape index (κ2) is 5.14. The van der Waals surface area contributed by atoms with Gasteiger partial charge in [0.2, 0.25) is 0 Å². The highest BCUT2D eigenvalue weighted by Crippen LogP contribution is 2.33. The molecule has 0 aliphatic carbocycles. The van der Waals surface area contributed by atoms with E-state index < -0.39 is 0 Å². The van der Waals surface area contributed by atoms with Gasteiger partial charge in [0.05, 0.1) is 0 Å². The number of benzene rings is 2. The summed E-state index contributed by atoms with van der Waals surface area (Å²) in [4.78, 5) is 0. The van der Waals surface area contributed by atoms with Crippen LogP contribution in [-0.2, 0) is 0 Å². The Morgan fingerprint density at radius 1 is 0.938 bits per heavy atom. The van der Waals surface area contributed by atoms with Gasteiger partial charge in [-0.1, -0.05) is 58.0 Å². The van der Waals surface area contributed by atoms with Crippen molar-refractivity contribution in [2.45, 2.75) is 12.6 Å². The maximum atomic E-state index is 9.21. The van der Waals surface area contributed by atoms with E-state index in [1.165, 1.54) is 10.9 Å². The smallest absolute Gasteiger partial charge is 0.115 e. The van der Waals surface area contributed by atoms with Crippen LogP contribution in [0.2, 0.25) is 0 Å². The number of aromatic hydroxyl groups is 1. The predicted octanol–water partition coefficient (Wildman–Crippen LogP) is 3.46.